The van der Waals surface area contributed by atoms with Crippen LogP contribution in [-0.4, -0.2) is 17.3 Å². The van der Waals surface area contributed by atoms with Crippen LogP contribution in [0.15, 0.2) is 48.0 Å². The molecule has 1 aliphatic heterocycles. The van der Waals surface area contributed by atoms with Crippen molar-refractivity contribution in [2.75, 3.05) is 6.54 Å². The second-order valence-corrected chi connectivity index (χ2v) is 6.66. The standard InChI is InChI=1S/C19H20N2S/c1-2-20-14-22-19-8-7-15(13-18(19)20)9-11-21-12-10-16-5-3-4-6-17(16)21/h3-8,12-14H,2,9-11H2,1H3/q+2. The molecule has 4 rings (SSSR count). The number of para-hydroxylation sites is 1. The summed E-state index contributed by atoms with van der Waals surface area (Å²) in [5.41, 5.74) is 7.84. The number of rotatable bonds is 4. The van der Waals surface area contributed by atoms with Crippen molar-refractivity contribution in [3.05, 3.63) is 59.1 Å². The summed E-state index contributed by atoms with van der Waals surface area (Å²) < 4.78 is 6.12. The first-order chi connectivity index (χ1) is 10.8. The maximum atomic E-state index is 2.40. The summed E-state index contributed by atoms with van der Waals surface area (Å²) in [6.07, 6.45) is 4.47. The summed E-state index contributed by atoms with van der Waals surface area (Å²) in [5, 5.41) is 0. The molecule has 2 heterocycles. The third-order valence-electron chi connectivity index (χ3n) is 4.45. The molecule has 0 saturated heterocycles. The van der Waals surface area contributed by atoms with Gasteiger partial charge in [-0.15, -0.1) is 0 Å². The van der Waals surface area contributed by atoms with Gasteiger partial charge in [0.25, 0.3) is 0 Å². The Bertz CT molecular complexity index is 861. The second-order valence-electron chi connectivity index (χ2n) is 5.77. The van der Waals surface area contributed by atoms with Crippen LogP contribution in [0.5, 0.6) is 0 Å². The normalized spacial score (nSPS) is 13.4. The van der Waals surface area contributed by atoms with Crippen molar-refractivity contribution in [1.82, 2.24) is 0 Å². The summed E-state index contributed by atoms with van der Waals surface area (Å²) in [6.45, 7) is 4.30. The number of thiazole rings is 1. The Balaban J connectivity index is 1.55. The van der Waals surface area contributed by atoms with Crippen LogP contribution < -0.4 is 4.57 Å². The summed E-state index contributed by atoms with van der Waals surface area (Å²) in [6, 6.07) is 15.6. The highest BCUT2D eigenvalue weighted by atomic mass is 32.1. The van der Waals surface area contributed by atoms with Crippen LogP contribution in [-0.2, 0) is 19.4 Å². The maximum absolute atomic E-state index is 2.40. The second kappa shape index (κ2) is 5.65. The lowest BCUT2D eigenvalue weighted by atomic mass is 10.1. The highest BCUT2D eigenvalue weighted by Crippen LogP contribution is 2.24. The minimum atomic E-state index is 1.04. The molecular weight excluding hydrogens is 288 g/mol. The van der Waals surface area contributed by atoms with E-state index in [-0.39, 0.29) is 0 Å². The van der Waals surface area contributed by atoms with Crippen LogP contribution in [0.1, 0.15) is 18.1 Å². The molecule has 0 spiro atoms. The molecule has 2 aromatic carbocycles. The van der Waals surface area contributed by atoms with E-state index in [1.165, 1.54) is 27.0 Å². The fourth-order valence-electron chi connectivity index (χ4n) is 3.20. The van der Waals surface area contributed by atoms with E-state index in [0.717, 1.165) is 25.9 Å². The van der Waals surface area contributed by atoms with E-state index in [1.807, 2.05) is 11.3 Å². The van der Waals surface area contributed by atoms with Crippen LogP contribution >= 0.6 is 11.3 Å². The van der Waals surface area contributed by atoms with E-state index in [9.17, 15) is 0 Å². The molecule has 22 heavy (non-hydrogen) atoms. The predicted octanol–water partition coefficient (Wildman–Crippen LogP) is 3.72. The molecule has 0 radical (unpaired) electrons. The number of fused-ring (bicyclic) bond motifs is 2. The first-order valence-corrected chi connectivity index (χ1v) is 8.80. The molecule has 1 aliphatic rings. The highest BCUT2D eigenvalue weighted by molar-refractivity contribution is 7.16. The van der Waals surface area contributed by atoms with Gasteiger partial charge in [-0.25, -0.2) is 4.58 Å². The summed E-state index contributed by atoms with van der Waals surface area (Å²) in [7, 11) is 0. The fourth-order valence-corrected chi connectivity index (χ4v) is 4.14. The Morgan fingerprint density at radius 3 is 2.95 bits per heavy atom. The minimum absolute atomic E-state index is 1.04. The molecule has 0 unspecified atom stereocenters. The molecule has 3 heteroatoms. The Kier molecular flexibility index (Phi) is 3.51. The molecule has 110 valence electrons. The van der Waals surface area contributed by atoms with Gasteiger partial charge in [-0.3, -0.25) is 0 Å². The Hall–Kier alpha value is -2.00. The Morgan fingerprint density at radius 1 is 1.14 bits per heavy atom. The molecule has 0 fully saturated rings. The van der Waals surface area contributed by atoms with Gasteiger partial charge in [0.1, 0.15) is 17.5 Å². The fraction of sp³-hybridized carbons (Fsp3) is 0.263. The van der Waals surface area contributed by atoms with Crippen LogP contribution in [0.25, 0.3) is 10.2 Å². The zero-order valence-corrected chi connectivity index (χ0v) is 13.6. The van der Waals surface area contributed by atoms with Crippen molar-refractivity contribution in [3.8, 4) is 0 Å². The van der Waals surface area contributed by atoms with Crippen molar-refractivity contribution in [3.63, 3.8) is 0 Å². The van der Waals surface area contributed by atoms with Crippen molar-refractivity contribution >= 4 is 33.5 Å². The number of hydrogen-bond acceptors (Lipinski definition) is 1. The monoisotopic (exact) mass is 308 g/mol. The molecule has 0 saturated carbocycles. The van der Waals surface area contributed by atoms with Gasteiger partial charge < -0.3 is 0 Å². The number of aromatic nitrogens is 1. The average Bonchev–Trinajstić information content (AvgIpc) is 3.16. The lowest BCUT2D eigenvalue weighted by Gasteiger charge is -2.01. The number of hydrogen-bond donors (Lipinski definition) is 0. The van der Waals surface area contributed by atoms with Gasteiger partial charge in [0.05, 0.1) is 6.42 Å². The number of nitrogens with zero attached hydrogens (tertiary/aromatic N) is 2. The van der Waals surface area contributed by atoms with E-state index in [4.69, 9.17) is 0 Å². The Morgan fingerprint density at radius 2 is 2.05 bits per heavy atom. The highest BCUT2D eigenvalue weighted by Gasteiger charge is 2.20. The van der Waals surface area contributed by atoms with Crippen LogP contribution in [0.2, 0.25) is 0 Å². The van der Waals surface area contributed by atoms with E-state index >= 15 is 0 Å². The van der Waals surface area contributed by atoms with Crippen LogP contribution in [0, 0.1) is 0 Å². The zero-order valence-electron chi connectivity index (χ0n) is 12.8. The minimum Gasteiger partial charge on any atom is -0.202 e. The smallest absolute Gasteiger partial charge is 0.202 e. The first kappa shape index (κ1) is 13.6. The molecule has 0 bridgehead atoms. The number of aryl methyl sites for hydroxylation is 1. The first-order valence-electron chi connectivity index (χ1n) is 7.92. The van der Waals surface area contributed by atoms with E-state index < -0.39 is 0 Å². The number of benzene rings is 2. The van der Waals surface area contributed by atoms with E-state index in [2.05, 4.69) is 70.3 Å². The lowest BCUT2D eigenvalue weighted by molar-refractivity contribution is -0.663. The van der Waals surface area contributed by atoms with Crippen molar-refractivity contribution in [2.24, 2.45) is 0 Å². The van der Waals surface area contributed by atoms with Gasteiger partial charge >= 0.3 is 0 Å². The van der Waals surface area contributed by atoms with Crippen molar-refractivity contribution in [2.45, 2.75) is 26.3 Å². The van der Waals surface area contributed by atoms with Crippen molar-refractivity contribution < 1.29 is 9.14 Å². The van der Waals surface area contributed by atoms with Gasteiger partial charge in [-0.1, -0.05) is 35.6 Å². The third kappa shape index (κ3) is 2.35. The topological polar surface area (TPSA) is 6.89 Å². The summed E-state index contributed by atoms with van der Waals surface area (Å²) >= 11 is 1.83. The summed E-state index contributed by atoms with van der Waals surface area (Å²) in [4.78, 5) is 0. The van der Waals surface area contributed by atoms with E-state index in [1.54, 1.807) is 0 Å². The molecular formula is C19H20N2S+2. The maximum Gasteiger partial charge on any atom is 0.225 e. The van der Waals surface area contributed by atoms with Gasteiger partial charge in [-0.05, 0) is 18.6 Å². The molecule has 1 aromatic heterocycles. The van der Waals surface area contributed by atoms with Gasteiger partial charge in [0, 0.05) is 24.1 Å². The largest absolute Gasteiger partial charge is 0.225 e. The van der Waals surface area contributed by atoms with Gasteiger partial charge in [-0.2, -0.15) is 4.57 Å². The molecule has 3 aromatic rings. The Labute approximate surface area is 135 Å². The van der Waals surface area contributed by atoms with Gasteiger partial charge in [0.2, 0.25) is 16.7 Å². The summed E-state index contributed by atoms with van der Waals surface area (Å²) in [5.74, 6) is 0. The zero-order chi connectivity index (χ0) is 14.9. The van der Waals surface area contributed by atoms with Crippen LogP contribution in [0.3, 0.4) is 0 Å². The lowest BCUT2D eigenvalue weighted by Crippen LogP contribution is -2.29. The van der Waals surface area contributed by atoms with E-state index in [0.29, 0.717) is 0 Å². The third-order valence-corrected chi connectivity index (χ3v) is 5.41. The van der Waals surface area contributed by atoms with Crippen LogP contribution in [0.4, 0.5) is 5.69 Å². The van der Waals surface area contributed by atoms with Gasteiger partial charge in [0.15, 0.2) is 6.54 Å². The predicted molar refractivity (Wildman–Crippen MR) is 92.4 cm³/mol. The van der Waals surface area contributed by atoms with Crippen molar-refractivity contribution in [1.29, 1.82) is 0 Å². The SMILES string of the molecule is CC[n+]1csc2ccc(CC[N+]3=CCc4ccccc43)cc21. The molecule has 0 N–H and O–H groups in total. The molecule has 0 atom stereocenters. The molecule has 0 aliphatic carbocycles. The molecule has 0 amide bonds. The molecule has 2 nitrogen and oxygen atoms in total. The average molecular weight is 308 g/mol. The quantitative estimate of drug-likeness (QED) is 0.649.